The Morgan fingerprint density at radius 2 is 1.81 bits per heavy atom. The minimum Gasteiger partial charge on any atom is -0.397 e. The van der Waals surface area contributed by atoms with E-state index >= 15 is 0 Å². The molecule has 21 heavy (non-hydrogen) atoms. The van der Waals surface area contributed by atoms with Crippen molar-refractivity contribution in [3.05, 3.63) is 49.8 Å². The van der Waals surface area contributed by atoms with Crippen molar-refractivity contribution in [2.75, 3.05) is 5.73 Å². The van der Waals surface area contributed by atoms with E-state index < -0.39 is 0 Å². The highest BCUT2D eigenvalue weighted by Gasteiger charge is 2.15. The Morgan fingerprint density at radius 3 is 2.57 bits per heavy atom. The summed E-state index contributed by atoms with van der Waals surface area (Å²) >= 11 is 10.3. The molecule has 4 nitrogen and oxygen atoms in total. The zero-order valence-corrected chi connectivity index (χ0v) is 15.2. The predicted octanol–water partition coefficient (Wildman–Crippen LogP) is 5.27. The van der Waals surface area contributed by atoms with Gasteiger partial charge in [0.2, 0.25) is 5.82 Å². The van der Waals surface area contributed by atoms with Crippen LogP contribution in [0.1, 0.15) is 0 Å². The van der Waals surface area contributed by atoms with Gasteiger partial charge in [0.1, 0.15) is 0 Å². The average Bonchev–Trinajstić information content (AvgIpc) is 2.92. The number of nitrogen functional groups attached to an aromatic ring is 1. The Hall–Kier alpha value is -1.18. The summed E-state index contributed by atoms with van der Waals surface area (Å²) in [5.74, 6) is 0.895. The molecule has 0 atom stereocenters. The van der Waals surface area contributed by atoms with Crippen molar-refractivity contribution in [2.24, 2.45) is 0 Å². The van der Waals surface area contributed by atoms with Gasteiger partial charge in [-0.3, -0.25) is 0 Å². The summed E-state index contributed by atoms with van der Waals surface area (Å²) in [7, 11) is 0. The second-order valence-electron chi connectivity index (χ2n) is 4.28. The fourth-order valence-corrected chi connectivity index (χ4v) is 3.46. The van der Waals surface area contributed by atoms with E-state index in [1.54, 1.807) is 0 Å². The van der Waals surface area contributed by atoms with Crippen LogP contribution in [-0.2, 0) is 0 Å². The highest BCUT2D eigenvalue weighted by molar-refractivity contribution is 9.11. The topological polar surface area (TPSA) is 64.9 Å². The van der Waals surface area contributed by atoms with Crippen molar-refractivity contribution in [1.82, 2.24) is 10.1 Å². The maximum atomic E-state index is 6.05. The van der Waals surface area contributed by atoms with Gasteiger partial charge in [0, 0.05) is 19.0 Å². The molecule has 1 aromatic heterocycles. The van der Waals surface area contributed by atoms with Crippen LogP contribution in [-0.4, -0.2) is 10.1 Å². The zero-order chi connectivity index (χ0) is 15.0. The zero-order valence-electron chi connectivity index (χ0n) is 10.5. The molecule has 3 aromatic rings. The number of rotatable bonds is 2. The Morgan fingerprint density at radius 1 is 1.00 bits per heavy atom. The summed E-state index contributed by atoms with van der Waals surface area (Å²) < 4.78 is 7.94. The fourth-order valence-electron chi connectivity index (χ4n) is 1.84. The van der Waals surface area contributed by atoms with E-state index in [-0.39, 0.29) is 0 Å². The minimum absolute atomic E-state index is 0.379. The number of nitrogens with two attached hydrogens (primary N) is 1. The number of anilines is 1. The predicted molar refractivity (Wildman–Crippen MR) is 92.7 cm³/mol. The monoisotopic (exact) mass is 471 g/mol. The molecule has 3 rings (SSSR count). The van der Waals surface area contributed by atoms with Gasteiger partial charge in [-0.05, 0) is 40.2 Å². The molecule has 2 N–H and O–H groups in total. The number of halogens is 3. The van der Waals surface area contributed by atoms with Crippen LogP contribution in [0.25, 0.3) is 22.8 Å². The first-order valence-electron chi connectivity index (χ1n) is 5.89. The summed E-state index contributed by atoms with van der Waals surface area (Å²) in [5, 5.41) is 4.01. The van der Waals surface area contributed by atoms with Gasteiger partial charge >= 0.3 is 0 Å². The van der Waals surface area contributed by atoms with E-state index in [1.807, 2.05) is 36.4 Å². The molecule has 0 aliphatic heterocycles. The molecule has 1 heterocycles. The van der Waals surface area contributed by atoms with Crippen LogP contribution in [0.5, 0.6) is 0 Å². The van der Waals surface area contributed by atoms with Gasteiger partial charge in [-0.25, -0.2) is 0 Å². The molecule has 0 radical (unpaired) electrons. The maximum Gasteiger partial charge on any atom is 0.260 e. The molecule has 0 saturated heterocycles. The number of aromatic nitrogens is 2. The highest BCUT2D eigenvalue weighted by Crippen LogP contribution is 2.35. The lowest BCUT2D eigenvalue weighted by atomic mass is 10.2. The molecular weight excluding hydrogens is 466 g/mol. The Bertz CT molecular complexity index is 817. The molecule has 0 saturated carbocycles. The first-order chi connectivity index (χ1) is 10.0. The molecule has 0 aliphatic carbocycles. The summed E-state index contributed by atoms with van der Waals surface area (Å²) in [4.78, 5) is 4.41. The smallest absolute Gasteiger partial charge is 0.260 e. The summed E-state index contributed by atoms with van der Waals surface area (Å²) in [6.07, 6.45) is 0. The lowest BCUT2D eigenvalue weighted by Crippen LogP contribution is -1.92. The summed E-state index contributed by atoms with van der Waals surface area (Å²) in [6.45, 7) is 0. The summed E-state index contributed by atoms with van der Waals surface area (Å²) in [5.41, 5.74) is 8.16. The second kappa shape index (κ2) is 5.90. The van der Waals surface area contributed by atoms with Crippen molar-refractivity contribution in [3.8, 4) is 22.8 Å². The number of hydrogen-bond acceptors (Lipinski definition) is 4. The van der Waals surface area contributed by atoms with Gasteiger partial charge in [0.15, 0.2) is 0 Å². The van der Waals surface area contributed by atoms with Crippen LogP contribution in [0.3, 0.4) is 0 Å². The van der Waals surface area contributed by atoms with E-state index in [0.717, 1.165) is 19.0 Å². The van der Waals surface area contributed by atoms with Crippen LogP contribution in [0.15, 0.2) is 54.3 Å². The van der Waals surface area contributed by atoms with Crippen LogP contribution >= 0.6 is 47.8 Å². The molecule has 0 unspecified atom stereocenters. The van der Waals surface area contributed by atoms with Gasteiger partial charge in [-0.15, -0.1) is 0 Å². The van der Waals surface area contributed by atoms with Gasteiger partial charge in [0.25, 0.3) is 5.89 Å². The SMILES string of the molecule is Nc1c(Br)cc(Br)cc1-c1nc(-c2cccc(Br)c2)no1. The van der Waals surface area contributed by atoms with Crippen LogP contribution in [0.2, 0.25) is 0 Å². The lowest BCUT2D eigenvalue weighted by molar-refractivity contribution is 0.432. The van der Waals surface area contributed by atoms with E-state index in [9.17, 15) is 0 Å². The number of hydrogen-bond donors (Lipinski definition) is 1. The largest absolute Gasteiger partial charge is 0.397 e. The van der Waals surface area contributed by atoms with Crippen molar-refractivity contribution in [2.45, 2.75) is 0 Å². The highest BCUT2D eigenvalue weighted by atomic mass is 79.9. The standard InChI is InChI=1S/C14H8Br3N3O/c15-8-3-1-2-7(4-8)13-19-14(21-20-13)10-5-9(16)6-11(17)12(10)18/h1-6H,18H2. The molecule has 0 aliphatic rings. The molecule has 2 aromatic carbocycles. The van der Waals surface area contributed by atoms with Crippen molar-refractivity contribution >= 4 is 53.5 Å². The second-order valence-corrected chi connectivity index (χ2v) is 6.97. The Kier molecular flexibility index (Phi) is 4.14. The maximum absolute atomic E-state index is 6.05. The third-order valence-electron chi connectivity index (χ3n) is 2.83. The van der Waals surface area contributed by atoms with E-state index in [1.165, 1.54) is 0 Å². The van der Waals surface area contributed by atoms with E-state index in [4.69, 9.17) is 10.3 Å². The van der Waals surface area contributed by atoms with Crippen LogP contribution in [0.4, 0.5) is 5.69 Å². The van der Waals surface area contributed by atoms with Crippen molar-refractivity contribution in [1.29, 1.82) is 0 Å². The fraction of sp³-hybridized carbons (Fsp3) is 0. The third kappa shape index (κ3) is 3.04. The van der Waals surface area contributed by atoms with Gasteiger partial charge in [-0.2, -0.15) is 4.98 Å². The van der Waals surface area contributed by atoms with Crippen LogP contribution < -0.4 is 5.73 Å². The van der Waals surface area contributed by atoms with Crippen LogP contribution in [0, 0.1) is 0 Å². The molecule has 0 spiro atoms. The normalized spacial score (nSPS) is 10.8. The molecule has 0 amide bonds. The average molecular weight is 474 g/mol. The third-order valence-corrected chi connectivity index (χ3v) is 4.44. The quantitative estimate of drug-likeness (QED) is 0.515. The Balaban J connectivity index is 2.07. The van der Waals surface area contributed by atoms with Gasteiger partial charge < -0.3 is 10.3 Å². The Labute approximate surface area is 146 Å². The molecule has 0 bridgehead atoms. The van der Waals surface area contributed by atoms with Gasteiger partial charge in [-0.1, -0.05) is 49.1 Å². The number of benzene rings is 2. The first-order valence-corrected chi connectivity index (χ1v) is 8.27. The molecular formula is C14H8Br3N3O. The lowest BCUT2D eigenvalue weighted by Gasteiger charge is -2.04. The van der Waals surface area contributed by atoms with E-state index in [0.29, 0.717) is 23.0 Å². The number of nitrogens with zero attached hydrogens (tertiary/aromatic N) is 2. The molecule has 106 valence electrons. The minimum atomic E-state index is 0.379. The van der Waals surface area contributed by atoms with E-state index in [2.05, 4.69) is 57.9 Å². The summed E-state index contributed by atoms with van der Waals surface area (Å²) in [6, 6.07) is 11.4. The van der Waals surface area contributed by atoms with Crippen molar-refractivity contribution in [3.63, 3.8) is 0 Å². The molecule has 7 heteroatoms. The first kappa shape index (κ1) is 14.7. The van der Waals surface area contributed by atoms with Crippen molar-refractivity contribution < 1.29 is 4.52 Å². The van der Waals surface area contributed by atoms with Gasteiger partial charge in [0.05, 0.1) is 11.3 Å². The molecule has 0 fully saturated rings.